The van der Waals surface area contributed by atoms with E-state index in [2.05, 4.69) is 27.9 Å². The Balaban J connectivity index is 1.69. The van der Waals surface area contributed by atoms with Gasteiger partial charge in [-0.3, -0.25) is 4.79 Å². The molecular weight excluding hydrogens is 449 g/mol. The Morgan fingerprint density at radius 1 is 1.00 bits per heavy atom. The largest absolute Gasteiger partial charge is 0.489 e. The van der Waals surface area contributed by atoms with Crippen LogP contribution in [0.1, 0.15) is 15.9 Å². The highest BCUT2D eigenvalue weighted by atomic mass is 127. The number of ether oxygens (including phenoxy) is 1. The number of carbonyl (C=O) groups is 1. The van der Waals surface area contributed by atoms with Gasteiger partial charge in [0.2, 0.25) is 0 Å². The monoisotopic (exact) mass is 463 g/mol. The minimum Gasteiger partial charge on any atom is -0.489 e. The first-order valence-electron chi connectivity index (χ1n) is 7.65. The predicted octanol–water partition coefficient (Wildman–Crippen LogP) is 5.78. The minimum atomic E-state index is -0.228. The number of rotatable bonds is 5. The Morgan fingerprint density at radius 2 is 1.80 bits per heavy atom. The molecule has 0 heterocycles. The molecule has 0 radical (unpaired) electrons. The average molecular weight is 464 g/mol. The molecule has 5 heteroatoms. The van der Waals surface area contributed by atoms with E-state index in [4.69, 9.17) is 16.3 Å². The molecule has 0 spiro atoms. The van der Waals surface area contributed by atoms with Crippen LogP contribution in [0.5, 0.6) is 5.75 Å². The molecule has 0 aliphatic heterocycles. The molecule has 0 bridgehead atoms. The summed E-state index contributed by atoms with van der Waals surface area (Å²) in [6.07, 6.45) is 0. The standard InChI is InChI=1S/C20H15ClINO2/c21-18-12-16(22)9-10-19(18)23-20(24)15-7-4-8-17(11-15)25-13-14-5-2-1-3-6-14/h1-12H,13H2,(H,23,24). The van der Waals surface area contributed by atoms with Crippen molar-refractivity contribution in [1.29, 1.82) is 0 Å². The smallest absolute Gasteiger partial charge is 0.255 e. The van der Waals surface area contributed by atoms with Crippen LogP contribution in [0.3, 0.4) is 0 Å². The summed E-state index contributed by atoms with van der Waals surface area (Å²) in [5.74, 6) is 0.415. The molecule has 1 amide bonds. The lowest BCUT2D eigenvalue weighted by Gasteiger charge is -2.10. The zero-order valence-electron chi connectivity index (χ0n) is 13.2. The van der Waals surface area contributed by atoms with Gasteiger partial charge in [0.05, 0.1) is 10.7 Å². The molecule has 126 valence electrons. The molecular formula is C20H15ClINO2. The fourth-order valence-electron chi connectivity index (χ4n) is 2.25. The third kappa shape index (κ3) is 4.96. The van der Waals surface area contributed by atoms with Gasteiger partial charge in [-0.05, 0) is 64.6 Å². The Hall–Kier alpha value is -2.05. The number of nitrogens with one attached hydrogen (secondary N) is 1. The summed E-state index contributed by atoms with van der Waals surface area (Å²) in [4.78, 5) is 12.5. The van der Waals surface area contributed by atoms with Crippen LogP contribution in [0.15, 0.2) is 72.8 Å². The zero-order chi connectivity index (χ0) is 17.6. The van der Waals surface area contributed by atoms with Crippen molar-refractivity contribution < 1.29 is 9.53 Å². The minimum absolute atomic E-state index is 0.228. The topological polar surface area (TPSA) is 38.3 Å². The van der Waals surface area contributed by atoms with Gasteiger partial charge in [-0.2, -0.15) is 0 Å². The Morgan fingerprint density at radius 3 is 2.56 bits per heavy atom. The van der Waals surface area contributed by atoms with Gasteiger partial charge in [0.1, 0.15) is 12.4 Å². The van der Waals surface area contributed by atoms with Gasteiger partial charge < -0.3 is 10.1 Å². The van der Waals surface area contributed by atoms with Gasteiger partial charge >= 0.3 is 0 Å². The molecule has 3 nitrogen and oxygen atoms in total. The third-order valence-corrected chi connectivity index (χ3v) is 4.51. The van der Waals surface area contributed by atoms with Crippen molar-refractivity contribution in [1.82, 2.24) is 0 Å². The number of anilines is 1. The number of halogens is 2. The van der Waals surface area contributed by atoms with E-state index in [1.54, 1.807) is 30.3 Å². The van der Waals surface area contributed by atoms with Crippen LogP contribution in [-0.2, 0) is 6.61 Å². The van der Waals surface area contributed by atoms with Gasteiger partial charge in [0.25, 0.3) is 5.91 Å². The Bertz CT molecular complexity index is 884. The molecule has 0 fully saturated rings. The van der Waals surface area contributed by atoms with Crippen molar-refractivity contribution in [3.05, 3.63) is 92.5 Å². The number of benzene rings is 3. The third-order valence-electron chi connectivity index (χ3n) is 3.52. The molecule has 0 aliphatic rings. The molecule has 0 aromatic heterocycles. The first kappa shape index (κ1) is 17.8. The van der Waals surface area contributed by atoms with Crippen LogP contribution < -0.4 is 10.1 Å². The first-order chi connectivity index (χ1) is 12.1. The van der Waals surface area contributed by atoms with Crippen molar-refractivity contribution in [3.8, 4) is 5.75 Å². The van der Waals surface area contributed by atoms with E-state index in [0.29, 0.717) is 28.6 Å². The summed E-state index contributed by atoms with van der Waals surface area (Å²) in [6, 6.07) is 22.5. The summed E-state index contributed by atoms with van der Waals surface area (Å²) in [5.41, 5.74) is 2.17. The second kappa shape index (κ2) is 8.36. The van der Waals surface area contributed by atoms with Crippen LogP contribution in [0.4, 0.5) is 5.69 Å². The lowest BCUT2D eigenvalue weighted by Crippen LogP contribution is -2.12. The van der Waals surface area contributed by atoms with E-state index < -0.39 is 0 Å². The molecule has 25 heavy (non-hydrogen) atoms. The van der Waals surface area contributed by atoms with Crippen molar-refractivity contribution in [2.45, 2.75) is 6.61 Å². The summed E-state index contributed by atoms with van der Waals surface area (Å²) in [7, 11) is 0. The SMILES string of the molecule is O=C(Nc1ccc(I)cc1Cl)c1cccc(OCc2ccccc2)c1. The quantitative estimate of drug-likeness (QED) is 0.487. The molecule has 0 unspecified atom stereocenters. The highest BCUT2D eigenvalue weighted by Crippen LogP contribution is 2.25. The van der Waals surface area contributed by atoms with E-state index in [-0.39, 0.29) is 5.91 Å². The second-order valence-electron chi connectivity index (χ2n) is 5.38. The van der Waals surface area contributed by atoms with E-state index in [0.717, 1.165) is 9.13 Å². The van der Waals surface area contributed by atoms with E-state index >= 15 is 0 Å². The summed E-state index contributed by atoms with van der Waals surface area (Å²) < 4.78 is 6.78. The number of hydrogen-bond acceptors (Lipinski definition) is 2. The van der Waals surface area contributed by atoms with Gasteiger partial charge in [0.15, 0.2) is 0 Å². The molecule has 0 saturated heterocycles. The molecule has 3 rings (SSSR count). The maximum absolute atomic E-state index is 12.5. The van der Waals surface area contributed by atoms with Crippen molar-refractivity contribution in [3.63, 3.8) is 0 Å². The lowest BCUT2D eigenvalue weighted by molar-refractivity contribution is 0.102. The lowest BCUT2D eigenvalue weighted by atomic mass is 10.2. The average Bonchev–Trinajstić information content (AvgIpc) is 2.63. The van der Waals surface area contributed by atoms with Crippen LogP contribution >= 0.6 is 34.2 Å². The van der Waals surface area contributed by atoms with Crippen molar-refractivity contribution in [2.24, 2.45) is 0 Å². The molecule has 3 aromatic rings. The van der Waals surface area contributed by atoms with Crippen LogP contribution in [0.25, 0.3) is 0 Å². The second-order valence-corrected chi connectivity index (χ2v) is 7.03. The van der Waals surface area contributed by atoms with E-state index in [9.17, 15) is 4.79 Å². The van der Waals surface area contributed by atoms with Gasteiger partial charge in [-0.25, -0.2) is 0 Å². The number of hydrogen-bond donors (Lipinski definition) is 1. The fraction of sp³-hybridized carbons (Fsp3) is 0.0500. The summed E-state index contributed by atoms with van der Waals surface area (Å²) in [6.45, 7) is 0.453. The highest BCUT2D eigenvalue weighted by molar-refractivity contribution is 14.1. The summed E-state index contributed by atoms with van der Waals surface area (Å²) >= 11 is 8.34. The van der Waals surface area contributed by atoms with E-state index in [1.165, 1.54) is 0 Å². The highest BCUT2D eigenvalue weighted by Gasteiger charge is 2.10. The predicted molar refractivity (Wildman–Crippen MR) is 109 cm³/mol. The molecule has 0 saturated carbocycles. The maximum Gasteiger partial charge on any atom is 0.255 e. The van der Waals surface area contributed by atoms with E-state index in [1.807, 2.05) is 42.5 Å². The van der Waals surface area contributed by atoms with Crippen LogP contribution in [-0.4, -0.2) is 5.91 Å². The Labute approximate surface area is 165 Å². The molecule has 1 N–H and O–H groups in total. The zero-order valence-corrected chi connectivity index (χ0v) is 16.1. The van der Waals surface area contributed by atoms with Crippen LogP contribution in [0.2, 0.25) is 5.02 Å². The first-order valence-corrected chi connectivity index (χ1v) is 9.11. The maximum atomic E-state index is 12.5. The van der Waals surface area contributed by atoms with Crippen molar-refractivity contribution >= 4 is 45.8 Å². The fourth-order valence-corrected chi connectivity index (χ4v) is 3.16. The molecule has 0 aliphatic carbocycles. The summed E-state index contributed by atoms with van der Waals surface area (Å²) in [5, 5.41) is 3.34. The normalized spacial score (nSPS) is 10.3. The van der Waals surface area contributed by atoms with Gasteiger partial charge in [-0.15, -0.1) is 0 Å². The Kier molecular flexibility index (Phi) is 5.94. The molecule has 0 atom stereocenters. The number of carbonyl (C=O) groups excluding carboxylic acids is 1. The van der Waals surface area contributed by atoms with Gasteiger partial charge in [0, 0.05) is 9.13 Å². The van der Waals surface area contributed by atoms with Gasteiger partial charge in [-0.1, -0.05) is 48.0 Å². The molecule has 3 aromatic carbocycles. The van der Waals surface area contributed by atoms with Crippen LogP contribution in [0, 0.1) is 3.57 Å². The number of amides is 1. The van der Waals surface area contributed by atoms with Crippen molar-refractivity contribution in [2.75, 3.05) is 5.32 Å².